The Balaban J connectivity index is 1.16. The Morgan fingerprint density at radius 2 is 1.79 bits per heavy atom. The Labute approximate surface area is 309 Å². The molecule has 4 aliphatic rings. The second-order valence-electron chi connectivity index (χ2n) is 14.2. The third-order valence-electron chi connectivity index (χ3n) is 10.3. The van der Waals surface area contributed by atoms with E-state index < -0.39 is 11.5 Å². The zero-order chi connectivity index (χ0) is 37.6. The number of nitrogens with zero attached hydrogens (tertiary/aromatic N) is 5. The summed E-state index contributed by atoms with van der Waals surface area (Å²) < 4.78 is 2.02. The van der Waals surface area contributed by atoms with E-state index >= 15 is 0 Å². The maximum Gasteiger partial charge on any atom is 0.269 e. The fraction of sp³-hybridized carbons (Fsp3) is 0.432. The van der Waals surface area contributed by atoms with Crippen LogP contribution in [0.3, 0.4) is 0 Å². The number of pyridine rings is 1. The summed E-state index contributed by atoms with van der Waals surface area (Å²) in [4.78, 5) is 46.2. The van der Waals surface area contributed by atoms with E-state index in [0.717, 1.165) is 54.6 Å². The van der Waals surface area contributed by atoms with Gasteiger partial charge in [-0.25, -0.2) is 4.98 Å². The number of carbonyl (C=O) groups excluding carboxylic acids is 3. The molecule has 7 rings (SSSR count). The maximum absolute atomic E-state index is 13.1. The molecule has 1 saturated heterocycles. The van der Waals surface area contributed by atoms with Gasteiger partial charge in [0, 0.05) is 55.8 Å². The van der Waals surface area contributed by atoms with Gasteiger partial charge in [-0.05, 0) is 57.2 Å². The number of anilines is 2. The lowest BCUT2D eigenvalue weighted by molar-refractivity contribution is -0.121. The van der Waals surface area contributed by atoms with Gasteiger partial charge in [0.2, 0.25) is 5.91 Å². The van der Waals surface area contributed by atoms with Gasteiger partial charge in [0.15, 0.2) is 0 Å². The molecule has 2 atom stereocenters. The second-order valence-corrected chi connectivity index (χ2v) is 14.2. The van der Waals surface area contributed by atoms with Crippen LogP contribution >= 0.6 is 0 Å². The van der Waals surface area contributed by atoms with Crippen molar-refractivity contribution in [2.45, 2.75) is 69.7 Å². The van der Waals surface area contributed by atoms with E-state index in [4.69, 9.17) is 24.4 Å². The van der Waals surface area contributed by atoms with E-state index in [-0.39, 0.29) is 64.5 Å². The summed E-state index contributed by atoms with van der Waals surface area (Å²) in [5.74, 6) is -0.864. The first-order chi connectivity index (χ1) is 25.4. The smallest absolute Gasteiger partial charge is 0.269 e. The lowest BCUT2D eigenvalue weighted by Crippen LogP contribution is -2.59. The van der Waals surface area contributed by atoms with Crippen molar-refractivity contribution in [3.63, 3.8) is 0 Å². The zero-order valence-corrected chi connectivity index (χ0v) is 30.2. The number of nitrogens with one attached hydrogen (secondary N) is 4. The second kappa shape index (κ2) is 14.2. The lowest BCUT2D eigenvalue weighted by atomic mass is 9.82. The van der Waals surface area contributed by atoms with Gasteiger partial charge in [0.05, 0.1) is 46.7 Å². The first kappa shape index (κ1) is 36.0. The minimum atomic E-state index is -1.89. The number of para-hydroxylation sites is 1. The molecule has 3 amide bonds. The molecule has 0 bridgehead atoms. The number of hydrogen-bond donors (Lipinski definition) is 7. The topological polar surface area (TPSA) is 209 Å². The van der Waals surface area contributed by atoms with Crippen LogP contribution in [0.5, 0.6) is 0 Å². The molecule has 2 aliphatic carbocycles. The highest BCUT2D eigenvalue weighted by molar-refractivity contribution is 6.14. The number of rotatable bonds is 13. The van der Waals surface area contributed by atoms with Gasteiger partial charge in [-0.2, -0.15) is 5.10 Å². The Morgan fingerprint density at radius 1 is 1.06 bits per heavy atom. The number of carbonyl (C=O) groups is 3. The minimum absolute atomic E-state index is 0.0438. The summed E-state index contributed by atoms with van der Waals surface area (Å²) in [7, 11) is 8.46. The maximum atomic E-state index is 13.1. The fourth-order valence-electron chi connectivity index (χ4n) is 7.04. The van der Waals surface area contributed by atoms with Crippen LogP contribution in [0.15, 0.2) is 65.9 Å². The largest absolute Gasteiger partial charge is 0.393 e. The zero-order valence-electron chi connectivity index (χ0n) is 30.2. The molecule has 4 heterocycles. The van der Waals surface area contributed by atoms with Crippen LogP contribution in [0.4, 0.5) is 11.4 Å². The molecule has 2 saturated carbocycles. The number of aliphatic hydroxyl groups is 1. The highest BCUT2D eigenvalue weighted by atomic mass is 16.3. The van der Waals surface area contributed by atoms with Crippen LogP contribution in [0.2, 0.25) is 0 Å². The van der Waals surface area contributed by atoms with Crippen LogP contribution in [-0.2, 0) is 15.2 Å². The summed E-state index contributed by atoms with van der Waals surface area (Å²) in [6, 6.07) is 10.6. The minimum Gasteiger partial charge on any atom is -0.393 e. The highest BCUT2D eigenvalue weighted by Crippen LogP contribution is 2.50. The van der Waals surface area contributed by atoms with Gasteiger partial charge in [-0.3, -0.25) is 24.0 Å². The van der Waals surface area contributed by atoms with Crippen molar-refractivity contribution in [2.24, 2.45) is 17.4 Å². The highest BCUT2D eigenvalue weighted by Gasteiger charge is 2.44. The number of hydrogen-bond acceptors (Lipinski definition) is 11. The Bertz CT molecular complexity index is 2000. The van der Waals surface area contributed by atoms with Crippen molar-refractivity contribution in [3.05, 3.63) is 83.0 Å². The standard InChI is InChI=1S/C37H46BN11O4/c1-4-28-33-24(17-42-49(33)22-18-48(19-22)37(38,53)29-11-7-10-26(45-29)35(51)41-5-2)23-8-6-9-25(32(23)47(28)3)44-27(31(40)36(52)43-21-14-15-21)16-30(39)46-34(50)20-12-13-20/h6-11,16-17,20-22,28,44,53H,4-5,12-15,18-19,39-40H2,1-3H3,(H,41,51)(H,43,52)(H,46,50)/b30-16+,31-27+. The van der Waals surface area contributed by atoms with Crippen LogP contribution in [0, 0.1) is 5.92 Å². The summed E-state index contributed by atoms with van der Waals surface area (Å²) >= 11 is 0. The lowest BCUT2D eigenvalue weighted by Gasteiger charge is -2.49. The number of likely N-dealkylation sites (tertiary alicyclic amines) is 1. The molecular formula is C37H46BN11O4. The van der Waals surface area contributed by atoms with Gasteiger partial charge in [-0.15, -0.1) is 0 Å². The molecule has 9 N–H and O–H groups in total. The number of allylic oxidation sites excluding steroid dienone is 1. The van der Waals surface area contributed by atoms with Crippen LogP contribution < -0.4 is 37.6 Å². The molecule has 276 valence electrons. The van der Waals surface area contributed by atoms with E-state index in [9.17, 15) is 19.5 Å². The van der Waals surface area contributed by atoms with Gasteiger partial charge in [0.1, 0.15) is 30.7 Å². The number of fused-ring (bicyclic) bond motifs is 3. The van der Waals surface area contributed by atoms with Gasteiger partial charge < -0.3 is 42.7 Å². The molecule has 3 fully saturated rings. The molecule has 2 aliphatic heterocycles. The predicted octanol–water partition coefficient (Wildman–Crippen LogP) is 1.61. The van der Waals surface area contributed by atoms with Crippen molar-refractivity contribution >= 4 is 36.9 Å². The predicted molar refractivity (Wildman–Crippen MR) is 201 cm³/mol. The molecule has 15 nitrogen and oxygen atoms in total. The molecular weight excluding hydrogens is 673 g/mol. The normalized spacial score (nSPS) is 20.3. The Hall–Kier alpha value is -5.35. The molecule has 16 heteroatoms. The number of amides is 3. The van der Waals surface area contributed by atoms with Crippen LogP contribution in [0.25, 0.3) is 11.1 Å². The Kier molecular flexibility index (Phi) is 9.68. The van der Waals surface area contributed by atoms with Crippen molar-refractivity contribution < 1.29 is 19.5 Å². The Morgan fingerprint density at radius 3 is 2.47 bits per heavy atom. The van der Waals surface area contributed by atoms with Gasteiger partial charge >= 0.3 is 0 Å². The van der Waals surface area contributed by atoms with E-state index in [0.29, 0.717) is 25.3 Å². The molecule has 53 heavy (non-hydrogen) atoms. The van der Waals surface area contributed by atoms with Crippen molar-refractivity contribution in [1.82, 2.24) is 35.6 Å². The average molecular weight is 720 g/mol. The summed E-state index contributed by atoms with van der Waals surface area (Å²) in [5.41, 5.74) is 15.9. The summed E-state index contributed by atoms with van der Waals surface area (Å²) in [6.07, 6.45) is 7.57. The quantitative estimate of drug-likeness (QED) is 0.0767. The number of benzene rings is 1. The summed E-state index contributed by atoms with van der Waals surface area (Å²) in [6.45, 7) is 5.20. The average Bonchev–Trinajstić information content (AvgIpc) is 4.06. The third-order valence-corrected chi connectivity index (χ3v) is 10.3. The number of nitrogens with two attached hydrogens (primary N) is 2. The first-order valence-electron chi connectivity index (χ1n) is 18.2. The number of aromatic nitrogens is 3. The first-order valence-corrected chi connectivity index (χ1v) is 18.2. The van der Waals surface area contributed by atoms with Gasteiger partial charge in [0.25, 0.3) is 11.8 Å². The van der Waals surface area contributed by atoms with Gasteiger partial charge in [-0.1, -0.05) is 25.1 Å². The van der Waals surface area contributed by atoms with E-state index in [1.165, 1.54) is 6.08 Å². The third kappa shape index (κ3) is 7.08. The van der Waals surface area contributed by atoms with Crippen molar-refractivity contribution in [1.29, 1.82) is 0 Å². The van der Waals surface area contributed by atoms with E-state index in [2.05, 4.69) is 38.1 Å². The SMILES string of the molecule is [B]C(O)(c1cccc(C(=O)NCC)n1)N1CC(n2ncc3c2C(CC)N(C)c2c(NC(/C=C(\N)NC(=O)C4CC4)=C(/N)C(=O)NC4CC4)cccc2-3)C1. The molecule has 1 aromatic carbocycles. The summed E-state index contributed by atoms with van der Waals surface area (Å²) in [5, 5.41) is 28.0. The van der Waals surface area contributed by atoms with Crippen molar-refractivity contribution in [3.8, 4) is 11.1 Å². The van der Waals surface area contributed by atoms with Crippen molar-refractivity contribution in [2.75, 3.05) is 36.9 Å². The van der Waals surface area contributed by atoms with Crippen LogP contribution in [-0.4, -0.2) is 83.1 Å². The molecule has 0 spiro atoms. The molecule has 2 aromatic heterocycles. The van der Waals surface area contributed by atoms with E-state index in [1.807, 2.05) is 43.0 Å². The molecule has 3 aromatic rings. The molecule has 2 radical (unpaired) electrons. The fourth-order valence-corrected chi connectivity index (χ4v) is 7.04. The van der Waals surface area contributed by atoms with E-state index in [1.54, 1.807) is 23.1 Å². The van der Waals surface area contributed by atoms with Crippen LogP contribution in [0.1, 0.15) is 79.9 Å². The molecule has 2 unspecified atom stereocenters. The monoisotopic (exact) mass is 719 g/mol.